The van der Waals surface area contributed by atoms with Crippen molar-refractivity contribution in [1.82, 2.24) is 9.80 Å². The fourth-order valence-corrected chi connectivity index (χ4v) is 6.97. The fourth-order valence-electron chi connectivity index (χ4n) is 6.97. The van der Waals surface area contributed by atoms with Crippen LogP contribution < -0.4 is 0 Å². The van der Waals surface area contributed by atoms with Crippen LogP contribution in [0.1, 0.15) is 58.6 Å². The Kier molecular flexibility index (Phi) is 9.77. The molecular formula is C37H47BN2O8. The van der Waals surface area contributed by atoms with Gasteiger partial charge in [-0.25, -0.2) is 9.59 Å². The number of rotatable bonds is 5. The lowest BCUT2D eigenvalue weighted by atomic mass is 9.67. The van der Waals surface area contributed by atoms with Gasteiger partial charge < -0.3 is 28.3 Å². The van der Waals surface area contributed by atoms with E-state index in [1.807, 2.05) is 94.4 Å². The van der Waals surface area contributed by atoms with E-state index in [2.05, 4.69) is 13.0 Å². The second kappa shape index (κ2) is 13.7. The van der Waals surface area contributed by atoms with E-state index in [1.165, 1.54) is 5.57 Å². The molecule has 5 aliphatic heterocycles. The molecular weight excluding hydrogens is 611 g/mol. The second-order valence-corrected chi connectivity index (χ2v) is 14.1. The molecule has 11 heteroatoms. The smallest absolute Gasteiger partial charge is 0.445 e. The summed E-state index contributed by atoms with van der Waals surface area (Å²) in [4.78, 5) is 28.8. The van der Waals surface area contributed by atoms with Gasteiger partial charge in [-0.1, -0.05) is 72.8 Å². The first kappa shape index (κ1) is 34.2. The predicted octanol–water partition coefficient (Wildman–Crippen LogP) is 6.10. The molecule has 5 heterocycles. The molecule has 2 aromatic carbocycles. The van der Waals surface area contributed by atoms with Gasteiger partial charge in [0.15, 0.2) is 0 Å². The zero-order chi connectivity index (χ0) is 34.0. The minimum Gasteiger partial charge on any atom is -0.445 e. The van der Waals surface area contributed by atoms with Gasteiger partial charge in [0.25, 0.3) is 0 Å². The van der Waals surface area contributed by atoms with Crippen LogP contribution in [0.15, 0.2) is 83.9 Å². The van der Waals surface area contributed by atoms with Crippen molar-refractivity contribution in [2.75, 3.05) is 39.5 Å². The van der Waals surface area contributed by atoms with Crippen LogP contribution >= 0.6 is 0 Å². The third-order valence-corrected chi connectivity index (χ3v) is 10.7. The molecule has 0 aliphatic carbocycles. The molecule has 0 saturated carbocycles. The summed E-state index contributed by atoms with van der Waals surface area (Å²) >= 11 is 0. The average Bonchev–Trinajstić information content (AvgIpc) is 3.91. The van der Waals surface area contributed by atoms with Crippen molar-refractivity contribution in [3.63, 3.8) is 0 Å². The zero-order valence-electron chi connectivity index (χ0n) is 28.7. The van der Waals surface area contributed by atoms with Crippen LogP contribution in [-0.4, -0.2) is 90.9 Å². The molecule has 48 heavy (non-hydrogen) atoms. The van der Waals surface area contributed by atoms with Crippen LogP contribution in [0, 0.1) is 0 Å². The number of ether oxygens (including phenoxy) is 4. The number of amides is 2. The van der Waals surface area contributed by atoms with Crippen molar-refractivity contribution in [3.05, 3.63) is 95.0 Å². The molecule has 0 aromatic heterocycles. The van der Waals surface area contributed by atoms with Crippen molar-refractivity contribution in [3.8, 4) is 0 Å². The number of carbonyl (C=O) groups excluding carboxylic acids is 2. The first-order chi connectivity index (χ1) is 23.0. The molecule has 5 aliphatic rings. The fraction of sp³-hybridized carbons (Fsp3) is 0.514. The summed E-state index contributed by atoms with van der Waals surface area (Å²) in [5.41, 5.74) is 2.46. The largest absolute Gasteiger partial charge is 0.492 e. The molecule has 256 valence electrons. The molecule has 3 fully saturated rings. The standard InChI is InChI=1S/C21H28BNO5.C16H19NO3/c1-19(2)20(3,4)28-22(27-19)17-10-12-23(21(17)11-13-25-15-21)18(24)26-14-16-8-6-5-7-9-16;1-13-7-9-17(16(13)8-10-19-12-16)15(18)20-11-14-5-3-2-4-6-14/h5-10H,11-15H2,1-4H3;2-7H,8-12H2,1H3. The summed E-state index contributed by atoms with van der Waals surface area (Å²) in [6, 6.07) is 19.4. The average molecular weight is 659 g/mol. The van der Waals surface area contributed by atoms with E-state index < -0.39 is 23.9 Å². The van der Waals surface area contributed by atoms with Crippen LogP contribution in [0.2, 0.25) is 0 Å². The minimum absolute atomic E-state index is 0.249. The van der Waals surface area contributed by atoms with Gasteiger partial charge in [0.2, 0.25) is 0 Å². The quantitative estimate of drug-likeness (QED) is 0.281. The summed E-state index contributed by atoms with van der Waals surface area (Å²) in [7, 11) is -0.487. The Hall–Kier alpha value is -3.64. The lowest BCUT2D eigenvalue weighted by Gasteiger charge is -2.36. The molecule has 2 amide bonds. The van der Waals surface area contributed by atoms with Gasteiger partial charge >= 0.3 is 19.3 Å². The minimum atomic E-state index is -0.561. The Labute approximate surface area is 284 Å². The molecule has 0 bridgehead atoms. The van der Waals surface area contributed by atoms with E-state index in [4.69, 9.17) is 28.3 Å². The van der Waals surface area contributed by atoms with Crippen LogP contribution in [0.4, 0.5) is 9.59 Å². The highest BCUT2D eigenvalue weighted by Gasteiger charge is 2.60. The van der Waals surface area contributed by atoms with Crippen LogP contribution in [0.3, 0.4) is 0 Å². The monoisotopic (exact) mass is 658 g/mol. The number of carbonyl (C=O) groups is 2. The molecule has 0 radical (unpaired) electrons. The van der Waals surface area contributed by atoms with Crippen molar-refractivity contribution < 1.29 is 37.8 Å². The normalized spacial score (nSPS) is 26.8. The number of hydrogen-bond acceptors (Lipinski definition) is 8. The highest BCUT2D eigenvalue weighted by atomic mass is 16.7. The maximum Gasteiger partial charge on any atom is 0.492 e. The Morgan fingerprint density at radius 2 is 1.17 bits per heavy atom. The van der Waals surface area contributed by atoms with E-state index in [1.54, 1.807) is 9.80 Å². The third-order valence-electron chi connectivity index (χ3n) is 10.7. The van der Waals surface area contributed by atoms with Gasteiger partial charge in [0.05, 0.1) is 35.5 Å². The Morgan fingerprint density at radius 3 is 1.65 bits per heavy atom. The summed E-state index contributed by atoms with van der Waals surface area (Å²) in [6.07, 6.45) is 5.11. The van der Waals surface area contributed by atoms with E-state index in [9.17, 15) is 9.59 Å². The van der Waals surface area contributed by atoms with Crippen LogP contribution in [0.5, 0.6) is 0 Å². The predicted molar refractivity (Wildman–Crippen MR) is 181 cm³/mol. The Morgan fingerprint density at radius 1 is 0.708 bits per heavy atom. The maximum absolute atomic E-state index is 12.9. The number of benzene rings is 2. The van der Waals surface area contributed by atoms with Gasteiger partial charge in [0.1, 0.15) is 13.2 Å². The second-order valence-electron chi connectivity index (χ2n) is 14.1. The van der Waals surface area contributed by atoms with Gasteiger partial charge in [-0.3, -0.25) is 9.80 Å². The molecule has 7 rings (SSSR count). The molecule has 2 spiro atoms. The first-order valence-electron chi connectivity index (χ1n) is 16.8. The maximum atomic E-state index is 12.9. The number of hydrogen-bond donors (Lipinski definition) is 0. The molecule has 10 nitrogen and oxygen atoms in total. The van der Waals surface area contributed by atoms with Crippen molar-refractivity contribution >= 4 is 19.3 Å². The molecule has 2 aromatic rings. The molecule has 3 saturated heterocycles. The van der Waals surface area contributed by atoms with Gasteiger partial charge in [-0.05, 0) is 63.2 Å². The molecule has 0 N–H and O–H groups in total. The summed E-state index contributed by atoms with van der Waals surface area (Å²) in [5, 5.41) is 0. The van der Waals surface area contributed by atoms with Crippen molar-refractivity contribution in [2.24, 2.45) is 0 Å². The highest BCUT2D eigenvalue weighted by Crippen LogP contribution is 2.46. The SMILES string of the molecule is CC1(C)OB(C2=CCN(C(=O)OCc3ccccc3)C23CCOC3)OC1(C)C.CC1=CCN(C(=O)OCc2ccccc2)C12CCOC2. The van der Waals surface area contributed by atoms with E-state index in [0.717, 1.165) is 23.0 Å². The van der Waals surface area contributed by atoms with E-state index >= 15 is 0 Å². The lowest BCUT2D eigenvalue weighted by molar-refractivity contribution is 0.00578. The molecule has 2 atom stereocenters. The lowest BCUT2D eigenvalue weighted by Crippen LogP contribution is -2.53. The van der Waals surface area contributed by atoms with Crippen molar-refractivity contribution in [1.29, 1.82) is 0 Å². The van der Waals surface area contributed by atoms with Gasteiger partial charge in [0, 0.05) is 32.7 Å². The van der Waals surface area contributed by atoms with Crippen LogP contribution in [-0.2, 0) is 41.5 Å². The Bertz CT molecular complexity index is 1500. The summed E-state index contributed by atoms with van der Waals surface area (Å²) in [5.74, 6) is 0. The van der Waals surface area contributed by atoms with E-state index in [0.29, 0.717) is 52.5 Å². The summed E-state index contributed by atoms with van der Waals surface area (Å²) in [6.45, 7) is 14.2. The van der Waals surface area contributed by atoms with Gasteiger partial charge in [-0.15, -0.1) is 0 Å². The Balaban J connectivity index is 0.000000177. The van der Waals surface area contributed by atoms with E-state index in [-0.39, 0.29) is 24.3 Å². The number of nitrogens with zero attached hydrogens (tertiary/aromatic N) is 2. The third kappa shape index (κ3) is 6.53. The van der Waals surface area contributed by atoms with Crippen molar-refractivity contribution in [2.45, 2.75) is 83.0 Å². The first-order valence-corrected chi connectivity index (χ1v) is 16.8. The highest BCUT2D eigenvalue weighted by molar-refractivity contribution is 6.55. The van der Waals surface area contributed by atoms with Crippen LogP contribution in [0.25, 0.3) is 0 Å². The topological polar surface area (TPSA) is 96.0 Å². The zero-order valence-corrected chi connectivity index (χ0v) is 28.7. The summed E-state index contributed by atoms with van der Waals surface area (Å²) < 4.78 is 34.8. The van der Waals surface area contributed by atoms with Gasteiger partial charge in [-0.2, -0.15) is 0 Å². The molecule has 2 unspecified atom stereocenters.